The highest BCUT2D eigenvalue weighted by Crippen LogP contribution is 2.22. The van der Waals surface area contributed by atoms with Gasteiger partial charge in [0.1, 0.15) is 12.4 Å². The van der Waals surface area contributed by atoms with Crippen molar-refractivity contribution in [1.82, 2.24) is 10.2 Å². The van der Waals surface area contributed by atoms with Crippen LogP contribution in [0.25, 0.3) is 0 Å². The predicted octanol–water partition coefficient (Wildman–Crippen LogP) is 3.88. The van der Waals surface area contributed by atoms with Gasteiger partial charge in [-0.3, -0.25) is 9.69 Å². The monoisotopic (exact) mass is 410 g/mol. The van der Waals surface area contributed by atoms with Crippen LogP contribution in [0.3, 0.4) is 0 Å². The highest BCUT2D eigenvalue weighted by Gasteiger charge is 2.32. The first-order valence-electron chi connectivity index (χ1n) is 10.5. The SMILES string of the molecule is CC(COc1ccccc1)N1CCCC[C@@H]1C(=O)N[C@@H](C)c1ccc(C(=O)O)cc1. The van der Waals surface area contributed by atoms with Gasteiger partial charge in [0, 0.05) is 6.04 Å². The summed E-state index contributed by atoms with van der Waals surface area (Å²) < 4.78 is 5.91. The molecule has 6 heteroatoms. The largest absolute Gasteiger partial charge is 0.492 e. The van der Waals surface area contributed by atoms with Gasteiger partial charge in [0.2, 0.25) is 5.91 Å². The third kappa shape index (κ3) is 5.60. The van der Waals surface area contributed by atoms with Gasteiger partial charge in [0.15, 0.2) is 0 Å². The van der Waals surface area contributed by atoms with Crippen LogP contribution in [0.2, 0.25) is 0 Å². The first-order valence-corrected chi connectivity index (χ1v) is 10.5. The Bertz CT molecular complexity index is 838. The molecule has 0 bridgehead atoms. The first-order chi connectivity index (χ1) is 14.5. The van der Waals surface area contributed by atoms with Crippen molar-refractivity contribution in [3.63, 3.8) is 0 Å². The lowest BCUT2D eigenvalue weighted by Gasteiger charge is -2.39. The lowest BCUT2D eigenvalue weighted by Crippen LogP contribution is -2.54. The molecular formula is C24H30N2O4. The summed E-state index contributed by atoms with van der Waals surface area (Å²) in [4.78, 5) is 26.3. The number of nitrogens with zero attached hydrogens (tertiary/aromatic N) is 1. The van der Waals surface area contributed by atoms with E-state index in [9.17, 15) is 9.59 Å². The van der Waals surface area contributed by atoms with Gasteiger partial charge in [-0.25, -0.2) is 4.79 Å². The van der Waals surface area contributed by atoms with Crippen molar-refractivity contribution in [2.45, 2.75) is 51.2 Å². The minimum Gasteiger partial charge on any atom is -0.492 e. The van der Waals surface area contributed by atoms with Crippen molar-refractivity contribution in [3.8, 4) is 5.75 Å². The summed E-state index contributed by atoms with van der Waals surface area (Å²) in [6.45, 7) is 5.42. The number of carbonyl (C=O) groups excluding carboxylic acids is 1. The molecule has 0 aromatic heterocycles. The fourth-order valence-electron chi connectivity index (χ4n) is 3.90. The van der Waals surface area contributed by atoms with Gasteiger partial charge < -0.3 is 15.2 Å². The fourth-order valence-corrected chi connectivity index (χ4v) is 3.90. The lowest BCUT2D eigenvalue weighted by molar-refractivity contribution is -0.129. The van der Waals surface area contributed by atoms with Crippen molar-refractivity contribution >= 4 is 11.9 Å². The van der Waals surface area contributed by atoms with E-state index in [1.54, 1.807) is 24.3 Å². The zero-order valence-electron chi connectivity index (χ0n) is 17.6. The highest BCUT2D eigenvalue weighted by atomic mass is 16.5. The Morgan fingerprint density at radius 1 is 1.10 bits per heavy atom. The second kappa shape index (κ2) is 10.3. The number of benzene rings is 2. The average molecular weight is 411 g/mol. The molecular weight excluding hydrogens is 380 g/mol. The highest BCUT2D eigenvalue weighted by molar-refractivity contribution is 5.87. The van der Waals surface area contributed by atoms with Crippen LogP contribution in [0.4, 0.5) is 0 Å². The van der Waals surface area contributed by atoms with Crippen molar-refractivity contribution in [1.29, 1.82) is 0 Å². The molecule has 160 valence electrons. The summed E-state index contributed by atoms with van der Waals surface area (Å²) in [6, 6.07) is 16.1. The average Bonchev–Trinajstić information content (AvgIpc) is 2.78. The number of rotatable bonds is 8. The molecule has 1 fully saturated rings. The Hall–Kier alpha value is -2.86. The zero-order chi connectivity index (χ0) is 21.5. The molecule has 1 heterocycles. The standard InChI is InChI=1S/C24H30N2O4/c1-17(16-30-21-8-4-3-5-9-21)26-15-7-6-10-22(26)23(27)25-18(2)19-11-13-20(14-12-19)24(28)29/h3-5,8-9,11-14,17-18,22H,6-7,10,15-16H2,1-2H3,(H,25,27)(H,28,29)/t17?,18-,22+/m0/s1. The van der Waals surface area contributed by atoms with E-state index in [0.717, 1.165) is 37.1 Å². The van der Waals surface area contributed by atoms with Crippen molar-refractivity contribution in [2.24, 2.45) is 0 Å². The molecule has 0 saturated carbocycles. The van der Waals surface area contributed by atoms with Crippen LogP contribution in [-0.4, -0.2) is 47.1 Å². The Morgan fingerprint density at radius 3 is 2.47 bits per heavy atom. The summed E-state index contributed by atoms with van der Waals surface area (Å²) in [7, 11) is 0. The second-order valence-corrected chi connectivity index (χ2v) is 7.88. The maximum absolute atomic E-state index is 13.1. The predicted molar refractivity (Wildman–Crippen MR) is 116 cm³/mol. The van der Waals surface area contributed by atoms with Crippen LogP contribution in [0.1, 0.15) is 55.1 Å². The molecule has 6 nitrogen and oxygen atoms in total. The summed E-state index contributed by atoms with van der Waals surface area (Å²) in [5, 5.41) is 12.1. The number of hydrogen-bond acceptors (Lipinski definition) is 4. The zero-order valence-corrected chi connectivity index (χ0v) is 17.6. The third-order valence-corrected chi connectivity index (χ3v) is 5.66. The normalized spacial score (nSPS) is 18.9. The molecule has 3 atom stereocenters. The molecule has 0 spiro atoms. The number of carboxylic acid groups (broad SMARTS) is 1. The number of piperidine rings is 1. The Morgan fingerprint density at radius 2 is 1.80 bits per heavy atom. The molecule has 0 radical (unpaired) electrons. The van der Waals surface area contributed by atoms with Crippen LogP contribution in [0.5, 0.6) is 5.75 Å². The minimum absolute atomic E-state index is 0.0103. The van der Waals surface area contributed by atoms with Crippen molar-refractivity contribution in [3.05, 3.63) is 65.7 Å². The van der Waals surface area contributed by atoms with E-state index in [1.807, 2.05) is 37.3 Å². The van der Waals surface area contributed by atoms with Crippen LogP contribution < -0.4 is 10.1 Å². The molecule has 2 aromatic carbocycles. The third-order valence-electron chi connectivity index (χ3n) is 5.66. The number of para-hydroxylation sites is 1. The van der Waals surface area contributed by atoms with Gasteiger partial charge in [-0.15, -0.1) is 0 Å². The van der Waals surface area contributed by atoms with Crippen molar-refractivity contribution < 1.29 is 19.4 Å². The number of carboxylic acids is 1. The van der Waals surface area contributed by atoms with Crippen LogP contribution >= 0.6 is 0 Å². The number of ether oxygens (including phenoxy) is 1. The fraction of sp³-hybridized carbons (Fsp3) is 0.417. The lowest BCUT2D eigenvalue weighted by atomic mass is 9.98. The topological polar surface area (TPSA) is 78.9 Å². The molecule has 1 amide bonds. The van der Waals surface area contributed by atoms with E-state index < -0.39 is 5.97 Å². The molecule has 2 N–H and O–H groups in total. The second-order valence-electron chi connectivity index (χ2n) is 7.88. The van der Waals surface area contributed by atoms with Crippen molar-refractivity contribution in [2.75, 3.05) is 13.2 Å². The van der Waals surface area contributed by atoms with Gasteiger partial charge >= 0.3 is 5.97 Å². The maximum atomic E-state index is 13.1. The summed E-state index contributed by atoms with van der Waals surface area (Å²) in [6.07, 6.45) is 2.93. The maximum Gasteiger partial charge on any atom is 0.335 e. The van der Waals surface area contributed by atoms with E-state index in [4.69, 9.17) is 9.84 Å². The number of aromatic carboxylic acids is 1. The quantitative estimate of drug-likeness (QED) is 0.690. The number of nitrogens with one attached hydrogen (secondary N) is 1. The number of carbonyl (C=O) groups is 2. The van der Waals surface area contributed by atoms with E-state index >= 15 is 0 Å². The minimum atomic E-state index is -0.956. The Balaban J connectivity index is 1.60. The summed E-state index contributed by atoms with van der Waals surface area (Å²) in [5.74, 6) is -0.111. The van der Waals surface area contributed by atoms with Crippen LogP contribution in [0, 0.1) is 0 Å². The van der Waals surface area contributed by atoms with E-state index in [-0.39, 0.29) is 29.6 Å². The number of likely N-dealkylation sites (tertiary alicyclic amines) is 1. The molecule has 1 saturated heterocycles. The molecule has 0 aliphatic carbocycles. The van der Waals surface area contributed by atoms with E-state index in [2.05, 4.69) is 17.1 Å². The number of hydrogen-bond donors (Lipinski definition) is 2. The van der Waals surface area contributed by atoms with Gasteiger partial charge in [-0.1, -0.05) is 36.8 Å². The first kappa shape index (κ1) is 21.8. The Labute approximate surface area is 177 Å². The summed E-state index contributed by atoms with van der Waals surface area (Å²) in [5.41, 5.74) is 1.12. The number of amides is 1. The molecule has 30 heavy (non-hydrogen) atoms. The molecule has 1 aliphatic rings. The molecule has 3 rings (SSSR count). The smallest absolute Gasteiger partial charge is 0.335 e. The molecule has 1 aliphatic heterocycles. The summed E-state index contributed by atoms with van der Waals surface area (Å²) >= 11 is 0. The van der Waals surface area contributed by atoms with Crippen LogP contribution in [0.15, 0.2) is 54.6 Å². The van der Waals surface area contributed by atoms with E-state index in [0.29, 0.717) is 6.61 Å². The Kier molecular flexibility index (Phi) is 7.46. The van der Waals surface area contributed by atoms with E-state index in [1.165, 1.54) is 0 Å². The van der Waals surface area contributed by atoms with Gasteiger partial charge in [-0.05, 0) is 63.1 Å². The van der Waals surface area contributed by atoms with Gasteiger partial charge in [0.25, 0.3) is 0 Å². The molecule has 2 aromatic rings. The van der Waals surface area contributed by atoms with Crippen LogP contribution in [-0.2, 0) is 4.79 Å². The molecule has 1 unspecified atom stereocenters. The van der Waals surface area contributed by atoms with Gasteiger partial charge in [0.05, 0.1) is 17.6 Å². The van der Waals surface area contributed by atoms with Gasteiger partial charge in [-0.2, -0.15) is 0 Å².